The summed E-state index contributed by atoms with van der Waals surface area (Å²) in [6.07, 6.45) is 1.74. The molecule has 0 spiro atoms. The lowest BCUT2D eigenvalue weighted by atomic mass is 10.0. The molecule has 2 nitrogen and oxygen atoms in total. The molecule has 0 saturated heterocycles. The van der Waals surface area contributed by atoms with Crippen molar-refractivity contribution >= 4 is 11.3 Å². The third-order valence-electron chi connectivity index (χ3n) is 2.90. The molecule has 1 rings (SSSR count). The molecule has 0 aromatic carbocycles. The summed E-state index contributed by atoms with van der Waals surface area (Å²) in [5.74, 6) is 0.351. The molecule has 0 radical (unpaired) electrons. The van der Waals surface area contributed by atoms with Gasteiger partial charge in [0, 0.05) is 10.9 Å². The summed E-state index contributed by atoms with van der Waals surface area (Å²) in [5.41, 5.74) is 0. The highest BCUT2D eigenvalue weighted by atomic mass is 32.1. The first-order valence-electron chi connectivity index (χ1n) is 6.10. The first-order valence-corrected chi connectivity index (χ1v) is 6.98. The largest absolute Gasteiger partial charge is 0.393 e. The van der Waals surface area contributed by atoms with Crippen molar-refractivity contribution in [2.45, 2.75) is 45.8 Å². The molecule has 2 atom stereocenters. The molecule has 2 N–H and O–H groups in total. The van der Waals surface area contributed by atoms with Crippen LogP contribution in [-0.4, -0.2) is 17.8 Å². The van der Waals surface area contributed by atoms with E-state index in [9.17, 15) is 5.11 Å². The van der Waals surface area contributed by atoms with E-state index in [2.05, 4.69) is 43.6 Å². The van der Waals surface area contributed by atoms with Crippen molar-refractivity contribution in [3.8, 4) is 0 Å². The predicted octanol–water partition coefficient (Wildman–Crippen LogP) is 3.20. The second-order valence-corrected chi connectivity index (χ2v) is 5.51. The minimum Gasteiger partial charge on any atom is -0.393 e. The van der Waals surface area contributed by atoms with Gasteiger partial charge in [0.25, 0.3) is 0 Å². The number of hydrogen-bond acceptors (Lipinski definition) is 3. The van der Waals surface area contributed by atoms with E-state index in [1.165, 1.54) is 4.88 Å². The number of rotatable bonds is 7. The third kappa shape index (κ3) is 4.24. The molecule has 0 aliphatic heterocycles. The number of nitrogens with one attached hydrogen (secondary N) is 1. The highest BCUT2D eigenvalue weighted by molar-refractivity contribution is 7.10. The third-order valence-corrected chi connectivity index (χ3v) is 3.88. The Morgan fingerprint density at radius 3 is 2.69 bits per heavy atom. The minimum atomic E-state index is -0.187. The van der Waals surface area contributed by atoms with Gasteiger partial charge in [-0.25, -0.2) is 0 Å². The molecular weight excluding hydrogens is 218 g/mol. The second kappa shape index (κ2) is 7.05. The van der Waals surface area contributed by atoms with Gasteiger partial charge in [0.05, 0.1) is 6.10 Å². The fourth-order valence-electron chi connectivity index (χ4n) is 1.67. The van der Waals surface area contributed by atoms with Crippen LogP contribution in [0.25, 0.3) is 0 Å². The summed E-state index contributed by atoms with van der Waals surface area (Å²) in [6.45, 7) is 7.19. The topological polar surface area (TPSA) is 32.3 Å². The molecule has 0 amide bonds. The monoisotopic (exact) mass is 241 g/mol. The Kier molecular flexibility index (Phi) is 6.03. The van der Waals surface area contributed by atoms with Crippen molar-refractivity contribution in [3.05, 3.63) is 22.4 Å². The van der Waals surface area contributed by atoms with E-state index in [-0.39, 0.29) is 6.10 Å². The highest BCUT2D eigenvalue weighted by Gasteiger charge is 2.12. The van der Waals surface area contributed by atoms with Crippen LogP contribution in [0.5, 0.6) is 0 Å². The summed E-state index contributed by atoms with van der Waals surface area (Å²) >= 11 is 1.80. The molecule has 0 bridgehead atoms. The van der Waals surface area contributed by atoms with Crippen molar-refractivity contribution in [1.29, 1.82) is 0 Å². The van der Waals surface area contributed by atoms with E-state index < -0.39 is 0 Å². The molecule has 0 aliphatic rings. The summed E-state index contributed by atoms with van der Waals surface area (Å²) in [4.78, 5) is 1.39. The van der Waals surface area contributed by atoms with Crippen LogP contribution in [0.1, 0.15) is 44.5 Å². The van der Waals surface area contributed by atoms with Crippen LogP contribution >= 0.6 is 11.3 Å². The van der Waals surface area contributed by atoms with E-state index in [0.29, 0.717) is 12.0 Å². The van der Waals surface area contributed by atoms with Crippen LogP contribution in [0.4, 0.5) is 0 Å². The summed E-state index contributed by atoms with van der Waals surface area (Å²) in [7, 11) is 0. The Morgan fingerprint density at radius 2 is 2.19 bits per heavy atom. The molecule has 16 heavy (non-hydrogen) atoms. The summed E-state index contributed by atoms with van der Waals surface area (Å²) in [6, 6.07) is 4.71. The highest BCUT2D eigenvalue weighted by Crippen LogP contribution is 2.21. The Hall–Kier alpha value is -0.380. The fourth-order valence-corrected chi connectivity index (χ4v) is 2.56. The standard InChI is InChI=1S/C13H23NOS/c1-4-11(13-6-5-9-16-13)14-8-7-12(15)10(2)3/h5-6,9-12,14-15H,4,7-8H2,1-3H3. The zero-order valence-electron chi connectivity index (χ0n) is 10.4. The van der Waals surface area contributed by atoms with E-state index in [0.717, 1.165) is 19.4 Å². The molecule has 3 heteroatoms. The molecule has 0 fully saturated rings. The fraction of sp³-hybridized carbons (Fsp3) is 0.692. The summed E-state index contributed by atoms with van der Waals surface area (Å²) in [5, 5.41) is 15.3. The van der Waals surface area contributed by atoms with E-state index in [4.69, 9.17) is 0 Å². The quantitative estimate of drug-likeness (QED) is 0.768. The van der Waals surface area contributed by atoms with Gasteiger partial charge in [0.1, 0.15) is 0 Å². The van der Waals surface area contributed by atoms with Crippen LogP contribution in [-0.2, 0) is 0 Å². The van der Waals surface area contributed by atoms with Gasteiger partial charge < -0.3 is 10.4 Å². The Labute approximate surface area is 103 Å². The minimum absolute atomic E-state index is 0.187. The molecule has 1 aromatic heterocycles. The maximum atomic E-state index is 9.71. The molecule has 0 aliphatic carbocycles. The normalized spacial score (nSPS) is 15.3. The molecule has 0 saturated carbocycles. The van der Waals surface area contributed by atoms with E-state index >= 15 is 0 Å². The van der Waals surface area contributed by atoms with Gasteiger partial charge in [-0.2, -0.15) is 0 Å². The second-order valence-electron chi connectivity index (χ2n) is 4.53. The Balaban J connectivity index is 2.30. The Morgan fingerprint density at radius 1 is 1.44 bits per heavy atom. The SMILES string of the molecule is CCC(NCCC(O)C(C)C)c1cccs1. The maximum Gasteiger partial charge on any atom is 0.0575 e. The van der Waals surface area contributed by atoms with Crippen molar-refractivity contribution < 1.29 is 5.11 Å². The average molecular weight is 241 g/mol. The zero-order valence-corrected chi connectivity index (χ0v) is 11.3. The lowest BCUT2D eigenvalue weighted by Crippen LogP contribution is -2.26. The van der Waals surface area contributed by atoms with Crippen molar-refractivity contribution in [1.82, 2.24) is 5.32 Å². The van der Waals surface area contributed by atoms with E-state index in [1.54, 1.807) is 11.3 Å². The first kappa shape index (κ1) is 13.7. The zero-order chi connectivity index (χ0) is 12.0. The lowest BCUT2D eigenvalue weighted by molar-refractivity contribution is 0.115. The number of aliphatic hydroxyl groups excluding tert-OH is 1. The van der Waals surface area contributed by atoms with Crippen molar-refractivity contribution in [2.75, 3.05) is 6.54 Å². The van der Waals surface area contributed by atoms with Crippen molar-refractivity contribution in [2.24, 2.45) is 5.92 Å². The van der Waals surface area contributed by atoms with Gasteiger partial charge in [-0.3, -0.25) is 0 Å². The van der Waals surface area contributed by atoms with Gasteiger partial charge >= 0.3 is 0 Å². The molecule has 1 aromatic rings. The van der Waals surface area contributed by atoms with Crippen LogP contribution in [0.2, 0.25) is 0 Å². The molecule has 1 heterocycles. The van der Waals surface area contributed by atoms with Gasteiger partial charge in [-0.05, 0) is 36.8 Å². The van der Waals surface area contributed by atoms with Crippen LogP contribution in [0, 0.1) is 5.92 Å². The maximum absolute atomic E-state index is 9.71. The smallest absolute Gasteiger partial charge is 0.0575 e. The predicted molar refractivity (Wildman–Crippen MR) is 70.8 cm³/mol. The number of hydrogen-bond donors (Lipinski definition) is 2. The van der Waals surface area contributed by atoms with Crippen molar-refractivity contribution in [3.63, 3.8) is 0 Å². The van der Waals surface area contributed by atoms with Crippen LogP contribution < -0.4 is 5.32 Å². The molecule has 92 valence electrons. The first-order chi connectivity index (χ1) is 7.65. The number of thiophene rings is 1. The molecular formula is C13H23NOS. The number of aliphatic hydroxyl groups is 1. The average Bonchev–Trinajstić information content (AvgIpc) is 2.77. The molecule has 2 unspecified atom stereocenters. The van der Waals surface area contributed by atoms with Gasteiger partial charge in [0.2, 0.25) is 0 Å². The summed E-state index contributed by atoms with van der Waals surface area (Å²) < 4.78 is 0. The van der Waals surface area contributed by atoms with Gasteiger partial charge in [-0.1, -0.05) is 26.8 Å². The van der Waals surface area contributed by atoms with Crippen LogP contribution in [0.3, 0.4) is 0 Å². The Bertz CT molecular complexity index is 271. The van der Waals surface area contributed by atoms with Crippen LogP contribution in [0.15, 0.2) is 17.5 Å². The van der Waals surface area contributed by atoms with Gasteiger partial charge in [-0.15, -0.1) is 11.3 Å². The lowest BCUT2D eigenvalue weighted by Gasteiger charge is -2.18. The van der Waals surface area contributed by atoms with Gasteiger partial charge in [0.15, 0.2) is 0 Å². The van der Waals surface area contributed by atoms with E-state index in [1.807, 2.05) is 0 Å².